The lowest BCUT2D eigenvalue weighted by Gasteiger charge is -2.32. The molecule has 0 radical (unpaired) electrons. The Labute approximate surface area is 186 Å². The normalized spacial score (nSPS) is 15.2. The molecule has 4 rings (SSSR count). The number of hydrogen-bond acceptors (Lipinski definition) is 7. The van der Waals surface area contributed by atoms with Gasteiger partial charge in [0.15, 0.2) is 5.82 Å². The zero-order valence-electron chi connectivity index (χ0n) is 17.1. The highest BCUT2D eigenvalue weighted by Gasteiger charge is 2.30. The number of ether oxygens (including phenoxy) is 1. The Hall–Kier alpha value is -2.62. The molecule has 0 bridgehead atoms. The zero-order valence-corrected chi connectivity index (χ0v) is 18.6. The lowest BCUT2D eigenvalue weighted by molar-refractivity contribution is 0.339. The standard InChI is InChI=1S/C21H23ClN4O4S/c1-2-29-18-7-9-19(10-8-18)31(27,28)26-13-11-25(12-14-26)21-23-20(24-30-21)15-16-3-5-17(22)6-4-16/h3-10H,2,11-15H2,1H3. The first kappa shape index (κ1) is 21.6. The second kappa shape index (κ2) is 9.25. The minimum absolute atomic E-state index is 0.257. The van der Waals surface area contributed by atoms with Crippen LogP contribution in [0.25, 0.3) is 0 Å². The number of rotatable bonds is 7. The Morgan fingerprint density at radius 1 is 1.03 bits per heavy atom. The van der Waals surface area contributed by atoms with Gasteiger partial charge in [0.1, 0.15) is 5.75 Å². The van der Waals surface area contributed by atoms with Gasteiger partial charge in [0.05, 0.1) is 11.5 Å². The van der Waals surface area contributed by atoms with Crippen molar-refractivity contribution in [2.75, 3.05) is 37.7 Å². The van der Waals surface area contributed by atoms with Crippen molar-refractivity contribution in [3.05, 3.63) is 64.9 Å². The zero-order chi connectivity index (χ0) is 21.8. The van der Waals surface area contributed by atoms with Crippen LogP contribution in [0.1, 0.15) is 18.3 Å². The average Bonchev–Trinajstić information content (AvgIpc) is 3.25. The summed E-state index contributed by atoms with van der Waals surface area (Å²) in [5, 5.41) is 4.72. The van der Waals surface area contributed by atoms with Gasteiger partial charge in [-0.25, -0.2) is 8.42 Å². The van der Waals surface area contributed by atoms with E-state index in [1.807, 2.05) is 36.1 Å². The third-order valence-electron chi connectivity index (χ3n) is 5.01. The van der Waals surface area contributed by atoms with Crippen LogP contribution in [-0.2, 0) is 16.4 Å². The van der Waals surface area contributed by atoms with Gasteiger partial charge in [-0.1, -0.05) is 28.9 Å². The summed E-state index contributed by atoms with van der Waals surface area (Å²) in [4.78, 5) is 6.62. The molecule has 3 aromatic rings. The van der Waals surface area contributed by atoms with Gasteiger partial charge in [-0.3, -0.25) is 0 Å². The van der Waals surface area contributed by atoms with Crippen LogP contribution in [0.5, 0.6) is 5.75 Å². The number of sulfonamides is 1. The van der Waals surface area contributed by atoms with Crippen LogP contribution in [0.15, 0.2) is 57.9 Å². The van der Waals surface area contributed by atoms with E-state index < -0.39 is 10.0 Å². The highest BCUT2D eigenvalue weighted by atomic mass is 35.5. The summed E-state index contributed by atoms with van der Waals surface area (Å²) in [5.41, 5.74) is 1.03. The average molecular weight is 463 g/mol. The Morgan fingerprint density at radius 2 is 1.71 bits per heavy atom. The van der Waals surface area contributed by atoms with Crippen molar-refractivity contribution < 1.29 is 17.7 Å². The van der Waals surface area contributed by atoms with E-state index in [2.05, 4.69) is 10.1 Å². The molecule has 164 valence electrons. The van der Waals surface area contributed by atoms with Crippen molar-refractivity contribution in [1.29, 1.82) is 0 Å². The molecule has 8 nitrogen and oxygen atoms in total. The lowest BCUT2D eigenvalue weighted by Crippen LogP contribution is -2.48. The number of halogens is 1. The van der Waals surface area contributed by atoms with E-state index in [9.17, 15) is 8.42 Å². The molecule has 2 aromatic carbocycles. The van der Waals surface area contributed by atoms with E-state index in [1.54, 1.807) is 24.3 Å². The van der Waals surface area contributed by atoms with Gasteiger partial charge in [0.25, 0.3) is 0 Å². The van der Waals surface area contributed by atoms with Gasteiger partial charge in [0.2, 0.25) is 10.0 Å². The highest BCUT2D eigenvalue weighted by molar-refractivity contribution is 7.89. The molecule has 0 aliphatic carbocycles. The van der Waals surface area contributed by atoms with E-state index >= 15 is 0 Å². The van der Waals surface area contributed by atoms with Crippen LogP contribution in [0, 0.1) is 0 Å². The number of benzene rings is 2. The van der Waals surface area contributed by atoms with E-state index in [-0.39, 0.29) is 4.90 Å². The van der Waals surface area contributed by atoms with Crippen molar-refractivity contribution in [2.45, 2.75) is 18.2 Å². The van der Waals surface area contributed by atoms with Gasteiger partial charge >= 0.3 is 6.01 Å². The van der Waals surface area contributed by atoms with Gasteiger partial charge < -0.3 is 14.2 Å². The molecule has 0 spiro atoms. The molecule has 1 fully saturated rings. The Morgan fingerprint density at radius 3 is 2.35 bits per heavy atom. The molecule has 10 heteroatoms. The minimum Gasteiger partial charge on any atom is -0.494 e. The van der Waals surface area contributed by atoms with Crippen molar-refractivity contribution in [3.8, 4) is 5.75 Å². The van der Waals surface area contributed by atoms with Crippen molar-refractivity contribution in [2.24, 2.45) is 0 Å². The van der Waals surface area contributed by atoms with Crippen LogP contribution >= 0.6 is 11.6 Å². The molecular formula is C21H23ClN4O4S. The number of hydrogen-bond donors (Lipinski definition) is 0. The summed E-state index contributed by atoms with van der Waals surface area (Å²) in [6, 6.07) is 14.4. The number of nitrogens with zero attached hydrogens (tertiary/aromatic N) is 4. The van der Waals surface area contributed by atoms with Gasteiger partial charge in [-0.05, 0) is 48.9 Å². The molecular weight excluding hydrogens is 440 g/mol. The summed E-state index contributed by atoms with van der Waals surface area (Å²) in [6.45, 7) is 4.03. The smallest absolute Gasteiger partial charge is 0.324 e. The van der Waals surface area contributed by atoms with E-state index in [1.165, 1.54) is 4.31 Å². The Balaban J connectivity index is 1.37. The topological polar surface area (TPSA) is 88.8 Å². The quantitative estimate of drug-likeness (QED) is 0.532. The molecule has 0 amide bonds. The van der Waals surface area contributed by atoms with Gasteiger partial charge in [0, 0.05) is 37.6 Å². The lowest BCUT2D eigenvalue weighted by atomic mass is 10.1. The first-order valence-corrected chi connectivity index (χ1v) is 11.8. The fourth-order valence-electron chi connectivity index (χ4n) is 3.37. The molecule has 2 heterocycles. The van der Waals surface area contributed by atoms with Crippen molar-refractivity contribution in [1.82, 2.24) is 14.4 Å². The minimum atomic E-state index is -3.56. The maximum Gasteiger partial charge on any atom is 0.324 e. The number of piperazine rings is 1. The highest BCUT2D eigenvalue weighted by Crippen LogP contribution is 2.23. The number of anilines is 1. The molecule has 1 saturated heterocycles. The Kier molecular flexibility index (Phi) is 6.45. The van der Waals surface area contributed by atoms with E-state index in [0.29, 0.717) is 61.8 Å². The van der Waals surface area contributed by atoms with Crippen LogP contribution < -0.4 is 9.64 Å². The monoisotopic (exact) mass is 462 g/mol. The van der Waals surface area contributed by atoms with E-state index in [0.717, 1.165) is 5.56 Å². The fourth-order valence-corrected chi connectivity index (χ4v) is 4.92. The van der Waals surface area contributed by atoms with Crippen LogP contribution in [0.3, 0.4) is 0 Å². The molecule has 1 aromatic heterocycles. The maximum absolute atomic E-state index is 12.9. The molecule has 1 aliphatic heterocycles. The number of aromatic nitrogens is 2. The third-order valence-corrected chi connectivity index (χ3v) is 7.18. The third kappa shape index (κ3) is 5.00. The van der Waals surface area contributed by atoms with Crippen LogP contribution in [0.2, 0.25) is 5.02 Å². The molecule has 0 unspecified atom stereocenters. The molecule has 0 atom stereocenters. The molecule has 1 aliphatic rings. The summed E-state index contributed by atoms with van der Waals surface area (Å²) >= 11 is 5.91. The summed E-state index contributed by atoms with van der Waals surface area (Å²) < 4.78 is 38.1. The molecule has 0 N–H and O–H groups in total. The molecule has 0 saturated carbocycles. The first-order chi connectivity index (χ1) is 15.0. The van der Waals surface area contributed by atoms with Crippen molar-refractivity contribution in [3.63, 3.8) is 0 Å². The van der Waals surface area contributed by atoms with Gasteiger partial charge in [-0.15, -0.1) is 0 Å². The van der Waals surface area contributed by atoms with Crippen LogP contribution in [-0.4, -0.2) is 55.6 Å². The second-order valence-electron chi connectivity index (χ2n) is 7.09. The first-order valence-electron chi connectivity index (χ1n) is 10.0. The second-order valence-corrected chi connectivity index (χ2v) is 9.47. The summed E-state index contributed by atoms with van der Waals surface area (Å²) in [7, 11) is -3.56. The molecule has 31 heavy (non-hydrogen) atoms. The van der Waals surface area contributed by atoms with E-state index in [4.69, 9.17) is 20.9 Å². The predicted molar refractivity (Wildman–Crippen MR) is 117 cm³/mol. The Bertz CT molecular complexity index is 1110. The largest absolute Gasteiger partial charge is 0.494 e. The van der Waals surface area contributed by atoms with Crippen molar-refractivity contribution >= 4 is 27.6 Å². The van der Waals surface area contributed by atoms with Gasteiger partial charge in [-0.2, -0.15) is 9.29 Å². The SMILES string of the molecule is CCOc1ccc(S(=O)(=O)N2CCN(c3nc(Cc4ccc(Cl)cc4)no3)CC2)cc1. The maximum atomic E-state index is 12.9. The summed E-state index contributed by atoms with van der Waals surface area (Å²) in [6.07, 6.45) is 0.534. The summed E-state index contributed by atoms with van der Waals surface area (Å²) in [5.74, 6) is 1.22. The predicted octanol–water partition coefficient (Wildman–Crippen LogP) is 3.22. The van der Waals surface area contributed by atoms with Crippen LogP contribution in [0.4, 0.5) is 6.01 Å². The fraction of sp³-hybridized carbons (Fsp3) is 0.333.